The van der Waals surface area contributed by atoms with Gasteiger partial charge in [0, 0.05) is 19.7 Å². The van der Waals surface area contributed by atoms with E-state index in [0.717, 1.165) is 0 Å². The Balaban J connectivity index is 4.18. The monoisotopic (exact) mass is 275 g/mol. The fourth-order valence-corrected chi connectivity index (χ4v) is 2.10. The number of hydrogen-bond acceptors (Lipinski definition) is 5. The van der Waals surface area contributed by atoms with Gasteiger partial charge < -0.3 is 19.8 Å². The van der Waals surface area contributed by atoms with Gasteiger partial charge in [-0.1, -0.05) is 13.8 Å². The number of ether oxygens (including phenoxy) is 1. The number of likely N-dealkylation sites (N-methyl/N-ethyl adjacent to an activating group) is 1. The summed E-state index contributed by atoms with van der Waals surface area (Å²) in [6.07, 6.45) is 0.571. The maximum atomic E-state index is 12.0. The summed E-state index contributed by atoms with van der Waals surface area (Å²) < 4.78 is 5.27. The zero-order valence-electron chi connectivity index (χ0n) is 12.9. The summed E-state index contributed by atoms with van der Waals surface area (Å²) in [5.41, 5.74) is -0.905. The Bertz CT molecular complexity index is 277. The van der Waals surface area contributed by atoms with Crippen molar-refractivity contribution in [3.63, 3.8) is 0 Å². The molecule has 114 valence electrons. The highest BCUT2D eigenvalue weighted by molar-refractivity contribution is 5.75. The second-order valence-corrected chi connectivity index (χ2v) is 6.55. The number of nitrogens with zero attached hydrogens (tertiary/aromatic N) is 1. The molecule has 0 spiro atoms. The maximum Gasteiger partial charge on any atom is 0.311 e. The normalized spacial score (nSPS) is 12.8. The van der Waals surface area contributed by atoms with Crippen LogP contribution in [0.4, 0.5) is 0 Å². The molecular formula is C14H29NO4. The molecule has 0 radical (unpaired) electrons. The molecule has 0 aromatic carbocycles. The summed E-state index contributed by atoms with van der Waals surface area (Å²) >= 11 is 0. The lowest BCUT2D eigenvalue weighted by Gasteiger charge is -2.32. The number of esters is 1. The molecule has 0 unspecified atom stereocenters. The molecule has 0 bridgehead atoms. The van der Waals surface area contributed by atoms with Crippen LogP contribution in [0.15, 0.2) is 0 Å². The molecule has 0 saturated heterocycles. The molecule has 0 aliphatic rings. The van der Waals surface area contributed by atoms with Crippen LogP contribution in [0.25, 0.3) is 0 Å². The molecule has 0 aromatic heterocycles. The zero-order valence-corrected chi connectivity index (χ0v) is 12.9. The molecule has 5 nitrogen and oxygen atoms in total. The third-order valence-electron chi connectivity index (χ3n) is 3.09. The largest absolute Gasteiger partial charge is 0.464 e. The van der Waals surface area contributed by atoms with E-state index in [0.29, 0.717) is 26.1 Å². The summed E-state index contributed by atoms with van der Waals surface area (Å²) in [5.74, 6) is -0.244. The maximum absolute atomic E-state index is 12.0. The second-order valence-electron chi connectivity index (χ2n) is 6.55. The van der Waals surface area contributed by atoms with Crippen LogP contribution in [0.2, 0.25) is 0 Å². The number of rotatable bonds is 9. The van der Waals surface area contributed by atoms with E-state index < -0.39 is 5.41 Å². The lowest BCUT2D eigenvalue weighted by molar-refractivity contribution is -0.156. The number of carbonyl (C=O) groups excluding carboxylic acids is 1. The molecule has 5 heteroatoms. The Morgan fingerprint density at radius 1 is 1.16 bits per heavy atom. The second kappa shape index (κ2) is 7.82. The lowest BCUT2D eigenvalue weighted by Crippen LogP contribution is -2.35. The molecule has 0 aliphatic carbocycles. The average molecular weight is 275 g/mol. The van der Waals surface area contributed by atoms with Gasteiger partial charge in [-0.3, -0.25) is 4.79 Å². The fraction of sp³-hybridized carbons (Fsp3) is 0.929. The van der Waals surface area contributed by atoms with Crippen LogP contribution >= 0.6 is 0 Å². The number of aliphatic hydroxyl groups is 2. The van der Waals surface area contributed by atoms with Gasteiger partial charge in [-0.2, -0.15) is 0 Å². The highest BCUT2D eigenvalue weighted by atomic mass is 16.5. The predicted octanol–water partition coefficient (Wildman–Crippen LogP) is 0.888. The smallest absolute Gasteiger partial charge is 0.311 e. The first kappa shape index (κ1) is 18.4. The zero-order chi connectivity index (χ0) is 15.1. The molecule has 0 amide bonds. The molecule has 19 heavy (non-hydrogen) atoms. The van der Waals surface area contributed by atoms with E-state index in [4.69, 9.17) is 9.84 Å². The van der Waals surface area contributed by atoms with Crippen molar-refractivity contribution in [1.82, 2.24) is 4.90 Å². The molecular weight excluding hydrogens is 246 g/mol. The Kier molecular flexibility index (Phi) is 7.55. The molecule has 0 aliphatic heterocycles. The van der Waals surface area contributed by atoms with Gasteiger partial charge in [-0.15, -0.1) is 0 Å². The molecule has 0 rings (SSSR count). The third-order valence-corrected chi connectivity index (χ3v) is 3.09. The van der Waals surface area contributed by atoms with E-state index in [1.807, 2.05) is 39.6 Å². The van der Waals surface area contributed by atoms with Crippen molar-refractivity contribution < 1.29 is 19.7 Å². The summed E-state index contributed by atoms with van der Waals surface area (Å²) in [5, 5.41) is 18.0. The summed E-state index contributed by atoms with van der Waals surface area (Å²) in [7, 11) is 1.87. The highest BCUT2D eigenvalue weighted by Crippen LogP contribution is 2.34. The van der Waals surface area contributed by atoms with Crippen LogP contribution in [-0.4, -0.2) is 61.0 Å². The minimum absolute atomic E-state index is 0.0446. The van der Waals surface area contributed by atoms with Gasteiger partial charge in [0.2, 0.25) is 0 Å². The van der Waals surface area contributed by atoms with Crippen LogP contribution < -0.4 is 0 Å². The van der Waals surface area contributed by atoms with Gasteiger partial charge in [0.25, 0.3) is 0 Å². The van der Waals surface area contributed by atoms with Crippen molar-refractivity contribution in [3.05, 3.63) is 0 Å². The quantitative estimate of drug-likeness (QED) is 0.612. The number of carbonyl (C=O) groups is 1. The average Bonchev–Trinajstić information content (AvgIpc) is 2.28. The topological polar surface area (TPSA) is 70.0 Å². The van der Waals surface area contributed by atoms with Gasteiger partial charge in [0.1, 0.15) is 6.61 Å². The SMILES string of the molecule is CN(CCO)CCOC(=O)C(C)(C)CC(C)(C)CO. The van der Waals surface area contributed by atoms with Crippen molar-refractivity contribution in [1.29, 1.82) is 0 Å². The van der Waals surface area contributed by atoms with E-state index in [1.165, 1.54) is 0 Å². The van der Waals surface area contributed by atoms with Gasteiger partial charge in [0.05, 0.1) is 12.0 Å². The summed E-state index contributed by atoms with van der Waals surface area (Å²) in [6.45, 7) is 9.16. The third kappa shape index (κ3) is 7.50. The van der Waals surface area contributed by atoms with E-state index >= 15 is 0 Å². The van der Waals surface area contributed by atoms with Gasteiger partial charge in [-0.25, -0.2) is 0 Å². The van der Waals surface area contributed by atoms with Crippen LogP contribution in [-0.2, 0) is 9.53 Å². The van der Waals surface area contributed by atoms with E-state index in [9.17, 15) is 9.90 Å². The van der Waals surface area contributed by atoms with Gasteiger partial charge in [-0.05, 0) is 32.7 Å². The Morgan fingerprint density at radius 2 is 1.74 bits per heavy atom. The standard InChI is InChI=1S/C14H29NO4/c1-13(2,11-17)10-14(3,4)12(18)19-9-7-15(5)6-8-16/h16-17H,6-11H2,1-5H3. The predicted molar refractivity (Wildman–Crippen MR) is 74.8 cm³/mol. The number of aliphatic hydroxyl groups excluding tert-OH is 2. The van der Waals surface area contributed by atoms with E-state index in [-0.39, 0.29) is 24.6 Å². The molecule has 0 saturated carbocycles. The minimum Gasteiger partial charge on any atom is -0.464 e. The van der Waals surface area contributed by atoms with Crippen LogP contribution in [0.1, 0.15) is 34.1 Å². The van der Waals surface area contributed by atoms with Crippen LogP contribution in [0.5, 0.6) is 0 Å². The van der Waals surface area contributed by atoms with Crippen molar-refractivity contribution in [2.24, 2.45) is 10.8 Å². The molecule has 0 heterocycles. The first-order valence-electron chi connectivity index (χ1n) is 6.72. The minimum atomic E-state index is -0.609. The van der Waals surface area contributed by atoms with Gasteiger partial charge >= 0.3 is 5.97 Å². The van der Waals surface area contributed by atoms with Crippen LogP contribution in [0, 0.1) is 10.8 Å². The fourth-order valence-electron chi connectivity index (χ4n) is 2.10. The van der Waals surface area contributed by atoms with Crippen molar-refractivity contribution >= 4 is 5.97 Å². The Morgan fingerprint density at radius 3 is 2.21 bits per heavy atom. The first-order valence-corrected chi connectivity index (χ1v) is 6.72. The number of hydrogen-bond donors (Lipinski definition) is 2. The van der Waals surface area contributed by atoms with Crippen LogP contribution in [0.3, 0.4) is 0 Å². The van der Waals surface area contributed by atoms with E-state index in [1.54, 1.807) is 0 Å². The van der Waals surface area contributed by atoms with Crippen molar-refractivity contribution in [3.8, 4) is 0 Å². The molecule has 0 atom stereocenters. The summed E-state index contributed by atoms with van der Waals surface area (Å²) in [6, 6.07) is 0. The van der Waals surface area contributed by atoms with Crippen molar-refractivity contribution in [2.75, 3.05) is 40.0 Å². The Labute approximate surface area is 116 Å². The van der Waals surface area contributed by atoms with Crippen molar-refractivity contribution in [2.45, 2.75) is 34.1 Å². The molecule has 0 aromatic rings. The lowest BCUT2D eigenvalue weighted by atomic mass is 9.75. The Hall–Kier alpha value is -0.650. The highest BCUT2D eigenvalue weighted by Gasteiger charge is 2.35. The summed E-state index contributed by atoms with van der Waals surface area (Å²) in [4.78, 5) is 13.9. The molecule has 2 N–H and O–H groups in total. The van der Waals surface area contributed by atoms with E-state index in [2.05, 4.69) is 0 Å². The molecule has 0 fully saturated rings. The van der Waals surface area contributed by atoms with Gasteiger partial charge in [0.15, 0.2) is 0 Å². The first-order chi connectivity index (χ1) is 8.64.